The Balaban J connectivity index is 2.84. The maximum atomic E-state index is 11.7. The molecule has 0 aliphatic rings. The lowest BCUT2D eigenvalue weighted by Gasteiger charge is -2.03. The quantitative estimate of drug-likeness (QED) is 0.491. The number of nitrogens with zero attached hydrogens (tertiary/aromatic N) is 1. The van der Waals surface area contributed by atoms with Crippen molar-refractivity contribution in [1.29, 1.82) is 5.26 Å². The van der Waals surface area contributed by atoms with Crippen LogP contribution in [0.5, 0.6) is 5.75 Å². The number of aromatic hydroxyl groups is 1. The second-order valence-corrected chi connectivity index (χ2v) is 4.48. The fraction of sp³-hybridized carbons (Fsp3) is 0.231. The summed E-state index contributed by atoms with van der Waals surface area (Å²) >= 11 is 3.17. The van der Waals surface area contributed by atoms with Gasteiger partial charge in [-0.2, -0.15) is 5.26 Å². The number of phenolic OH excluding ortho intramolecular Hbond substituents is 1. The number of methoxy groups -OCH3 is 1. The van der Waals surface area contributed by atoms with Crippen LogP contribution >= 0.6 is 15.9 Å². The van der Waals surface area contributed by atoms with Gasteiger partial charge < -0.3 is 15.2 Å². The van der Waals surface area contributed by atoms with Crippen LogP contribution in [0.2, 0.25) is 0 Å². The molecular weight excluding hydrogens is 312 g/mol. The lowest BCUT2D eigenvalue weighted by Crippen LogP contribution is -2.27. The van der Waals surface area contributed by atoms with Gasteiger partial charge in [0, 0.05) is 13.7 Å². The van der Waals surface area contributed by atoms with E-state index in [1.807, 2.05) is 6.07 Å². The van der Waals surface area contributed by atoms with Crippen molar-refractivity contribution in [2.45, 2.75) is 0 Å². The molecule has 1 amide bonds. The first-order valence-electron chi connectivity index (χ1n) is 5.46. The highest BCUT2D eigenvalue weighted by molar-refractivity contribution is 9.10. The van der Waals surface area contributed by atoms with Crippen LogP contribution < -0.4 is 5.32 Å². The molecule has 0 aromatic heterocycles. The second kappa shape index (κ2) is 7.56. The molecule has 0 atom stereocenters. The smallest absolute Gasteiger partial charge is 0.262 e. The highest BCUT2D eigenvalue weighted by Crippen LogP contribution is 2.25. The van der Waals surface area contributed by atoms with Crippen LogP contribution in [0.4, 0.5) is 0 Å². The predicted molar refractivity (Wildman–Crippen MR) is 74.3 cm³/mol. The number of carbonyl (C=O) groups excluding carboxylic acids is 1. The number of carbonyl (C=O) groups is 1. The Hall–Kier alpha value is -1.84. The number of nitrogens with one attached hydrogen (secondary N) is 1. The Kier molecular flexibility index (Phi) is 6.06. The number of phenols is 1. The van der Waals surface area contributed by atoms with Gasteiger partial charge in [0.2, 0.25) is 0 Å². The van der Waals surface area contributed by atoms with Crippen LogP contribution in [0.3, 0.4) is 0 Å². The number of nitriles is 1. The summed E-state index contributed by atoms with van der Waals surface area (Å²) in [6.45, 7) is 0.725. The number of ether oxygens (including phenoxy) is 1. The number of rotatable bonds is 5. The molecule has 0 saturated heterocycles. The van der Waals surface area contributed by atoms with Crippen LogP contribution in [0, 0.1) is 11.3 Å². The number of halogens is 1. The van der Waals surface area contributed by atoms with E-state index in [4.69, 9.17) is 10.00 Å². The van der Waals surface area contributed by atoms with Gasteiger partial charge in [0.1, 0.15) is 17.4 Å². The van der Waals surface area contributed by atoms with E-state index in [9.17, 15) is 9.90 Å². The second-order valence-electron chi connectivity index (χ2n) is 3.63. The molecule has 5 nitrogen and oxygen atoms in total. The van der Waals surface area contributed by atoms with Gasteiger partial charge in [-0.15, -0.1) is 0 Å². The summed E-state index contributed by atoms with van der Waals surface area (Å²) < 4.78 is 5.30. The maximum Gasteiger partial charge on any atom is 0.262 e. The predicted octanol–water partition coefficient (Wildman–Crippen LogP) is 1.82. The third-order valence-corrected chi connectivity index (χ3v) is 2.87. The van der Waals surface area contributed by atoms with Crippen molar-refractivity contribution in [2.75, 3.05) is 20.3 Å². The molecular formula is C13H13BrN2O3. The molecule has 0 heterocycles. The molecule has 0 saturated carbocycles. The van der Waals surface area contributed by atoms with Crippen LogP contribution in [0.25, 0.3) is 6.08 Å². The molecule has 1 aromatic rings. The van der Waals surface area contributed by atoms with Gasteiger partial charge in [0.25, 0.3) is 5.91 Å². The van der Waals surface area contributed by atoms with Gasteiger partial charge >= 0.3 is 0 Å². The van der Waals surface area contributed by atoms with Crippen molar-refractivity contribution < 1.29 is 14.6 Å². The summed E-state index contributed by atoms with van der Waals surface area (Å²) in [6.07, 6.45) is 1.45. The van der Waals surface area contributed by atoms with Crippen LogP contribution in [-0.4, -0.2) is 31.3 Å². The van der Waals surface area contributed by atoms with Crippen LogP contribution in [0.15, 0.2) is 28.2 Å². The Bertz CT molecular complexity index is 535. The first-order valence-corrected chi connectivity index (χ1v) is 6.25. The highest BCUT2D eigenvalue weighted by Gasteiger charge is 2.08. The summed E-state index contributed by atoms with van der Waals surface area (Å²) in [6, 6.07) is 6.55. The van der Waals surface area contributed by atoms with Crippen LogP contribution in [-0.2, 0) is 9.53 Å². The lowest BCUT2D eigenvalue weighted by atomic mass is 10.1. The molecule has 1 rings (SSSR count). The van der Waals surface area contributed by atoms with E-state index >= 15 is 0 Å². The molecule has 0 aliphatic heterocycles. The average Bonchev–Trinajstić information content (AvgIpc) is 2.40. The Labute approximate surface area is 119 Å². The number of benzene rings is 1. The molecule has 100 valence electrons. The monoisotopic (exact) mass is 324 g/mol. The van der Waals surface area contributed by atoms with Crippen molar-refractivity contribution in [1.82, 2.24) is 5.32 Å². The van der Waals surface area contributed by atoms with E-state index in [0.29, 0.717) is 23.2 Å². The number of hydrogen-bond acceptors (Lipinski definition) is 4. The van der Waals surface area contributed by atoms with Crippen molar-refractivity contribution in [3.05, 3.63) is 33.8 Å². The molecule has 6 heteroatoms. The maximum absolute atomic E-state index is 11.7. The lowest BCUT2D eigenvalue weighted by molar-refractivity contribution is -0.117. The molecule has 0 spiro atoms. The van der Waals surface area contributed by atoms with E-state index in [1.165, 1.54) is 19.3 Å². The van der Waals surface area contributed by atoms with E-state index in [1.54, 1.807) is 12.1 Å². The number of hydrogen-bond donors (Lipinski definition) is 2. The summed E-state index contributed by atoms with van der Waals surface area (Å²) in [4.78, 5) is 11.7. The zero-order valence-electron chi connectivity index (χ0n) is 10.3. The van der Waals surface area contributed by atoms with E-state index in [-0.39, 0.29) is 11.3 Å². The van der Waals surface area contributed by atoms with Crippen molar-refractivity contribution in [3.8, 4) is 11.8 Å². The molecule has 2 N–H and O–H groups in total. The fourth-order valence-corrected chi connectivity index (χ4v) is 1.69. The van der Waals surface area contributed by atoms with Crippen LogP contribution in [0.1, 0.15) is 5.56 Å². The topological polar surface area (TPSA) is 82.3 Å². The first-order chi connectivity index (χ1) is 9.08. The minimum absolute atomic E-state index is 0.00584. The Morgan fingerprint density at radius 3 is 2.95 bits per heavy atom. The largest absolute Gasteiger partial charge is 0.507 e. The zero-order chi connectivity index (χ0) is 14.3. The average molecular weight is 325 g/mol. The minimum atomic E-state index is -0.455. The molecule has 0 fully saturated rings. The van der Waals surface area contributed by atoms with E-state index in [2.05, 4.69) is 21.2 Å². The fourth-order valence-electron chi connectivity index (χ4n) is 1.29. The number of amides is 1. The van der Waals surface area contributed by atoms with Gasteiger partial charge in [-0.3, -0.25) is 4.79 Å². The molecule has 0 aliphatic carbocycles. The normalized spacial score (nSPS) is 10.9. The van der Waals surface area contributed by atoms with E-state index in [0.717, 1.165) is 0 Å². The molecule has 19 heavy (non-hydrogen) atoms. The van der Waals surface area contributed by atoms with Gasteiger partial charge in [-0.25, -0.2) is 0 Å². The van der Waals surface area contributed by atoms with Gasteiger partial charge in [-0.05, 0) is 39.7 Å². The van der Waals surface area contributed by atoms with E-state index < -0.39 is 5.91 Å². The molecule has 1 aromatic carbocycles. The minimum Gasteiger partial charge on any atom is -0.507 e. The van der Waals surface area contributed by atoms with Gasteiger partial charge in [0.15, 0.2) is 0 Å². The highest BCUT2D eigenvalue weighted by atomic mass is 79.9. The standard InChI is InChI=1S/C13H13BrN2O3/c1-19-5-4-16-13(18)10(8-15)6-9-2-3-12(17)11(14)7-9/h2-3,6-7,17H,4-5H2,1H3,(H,16,18)/b10-6+. The third-order valence-electron chi connectivity index (χ3n) is 2.24. The summed E-state index contributed by atoms with van der Waals surface area (Å²) in [5.74, 6) is -0.357. The summed E-state index contributed by atoms with van der Waals surface area (Å²) in [7, 11) is 1.53. The van der Waals surface area contributed by atoms with Gasteiger partial charge in [0.05, 0.1) is 11.1 Å². The first kappa shape index (κ1) is 15.2. The molecule has 0 unspecified atom stereocenters. The van der Waals surface area contributed by atoms with Crippen molar-refractivity contribution in [3.63, 3.8) is 0 Å². The Morgan fingerprint density at radius 2 is 2.37 bits per heavy atom. The zero-order valence-corrected chi connectivity index (χ0v) is 11.9. The summed E-state index contributed by atoms with van der Waals surface area (Å²) in [5.41, 5.74) is 0.636. The van der Waals surface area contributed by atoms with Crippen molar-refractivity contribution >= 4 is 27.9 Å². The Morgan fingerprint density at radius 1 is 1.63 bits per heavy atom. The molecule has 0 bridgehead atoms. The SMILES string of the molecule is COCCNC(=O)/C(C#N)=C/c1ccc(O)c(Br)c1. The molecule has 0 radical (unpaired) electrons. The van der Waals surface area contributed by atoms with Gasteiger partial charge in [-0.1, -0.05) is 6.07 Å². The summed E-state index contributed by atoms with van der Waals surface area (Å²) in [5, 5.41) is 20.9. The van der Waals surface area contributed by atoms with Crippen molar-refractivity contribution in [2.24, 2.45) is 0 Å². The third kappa shape index (κ3) is 4.73.